The van der Waals surface area contributed by atoms with Crippen molar-refractivity contribution in [2.24, 2.45) is 5.73 Å². The van der Waals surface area contributed by atoms with Crippen molar-refractivity contribution in [3.05, 3.63) is 10.5 Å². The SMILES string of the molecule is COC(=O)C(C)(N)CCCSc1n[nH]c(=O)n1C(C)C. The highest BCUT2D eigenvalue weighted by Gasteiger charge is 2.28. The van der Waals surface area contributed by atoms with Gasteiger partial charge in [0.15, 0.2) is 5.16 Å². The average Bonchev–Trinajstić information content (AvgIpc) is 2.74. The second-order valence-corrected chi connectivity index (χ2v) is 6.20. The number of carbonyl (C=O) groups is 1. The molecule has 1 atom stereocenters. The molecule has 1 aromatic rings. The Bertz CT molecular complexity index is 507. The van der Waals surface area contributed by atoms with Crippen LogP contribution in [0.1, 0.15) is 39.7 Å². The fraction of sp³-hybridized carbons (Fsp3) is 0.750. The molecular formula is C12H22N4O3S. The maximum atomic E-state index is 11.6. The number of methoxy groups -OCH3 is 1. The van der Waals surface area contributed by atoms with Crippen LogP contribution in [0.3, 0.4) is 0 Å². The van der Waals surface area contributed by atoms with Gasteiger partial charge in [0.25, 0.3) is 0 Å². The number of hydrogen-bond donors (Lipinski definition) is 2. The van der Waals surface area contributed by atoms with E-state index in [2.05, 4.69) is 14.9 Å². The van der Waals surface area contributed by atoms with Crippen molar-refractivity contribution in [1.29, 1.82) is 0 Å². The summed E-state index contributed by atoms with van der Waals surface area (Å²) in [4.78, 5) is 23.0. The number of ether oxygens (including phenoxy) is 1. The van der Waals surface area contributed by atoms with E-state index in [9.17, 15) is 9.59 Å². The lowest BCUT2D eigenvalue weighted by Crippen LogP contribution is -2.45. The van der Waals surface area contributed by atoms with Crippen molar-refractivity contribution in [2.45, 2.75) is 50.4 Å². The summed E-state index contributed by atoms with van der Waals surface area (Å²) in [5, 5.41) is 7.08. The van der Waals surface area contributed by atoms with Crippen LogP contribution in [-0.2, 0) is 9.53 Å². The molecule has 20 heavy (non-hydrogen) atoms. The molecule has 8 heteroatoms. The molecule has 1 rings (SSSR count). The summed E-state index contributed by atoms with van der Waals surface area (Å²) >= 11 is 1.47. The molecular weight excluding hydrogens is 280 g/mol. The molecule has 3 N–H and O–H groups in total. The Morgan fingerprint density at radius 3 is 2.80 bits per heavy atom. The van der Waals surface area contributed by atoms with Crippen LogP contribution in [0.15, 0.2) is 9.95 Å². The molecule has 0 aliphatic heterocycles. The fourth-order valence-electron chi connectivity index (χ4n) is 1.79. The molecule has 1 heterocycles. The molecule has 0 aliphatic carbocycles. The highest BCUT2D eigenvalue weighted by molar-refractivity contribution is 7.99. The number of nitrogens with two attached hydrogens (primary N) is 1. The van der Waals surface area contributed by atoms with Crippen molar-refractivity contribution in [3.63, 3.8) is 0 Å². The molecule has 1 aromatic heterocycles. The molecule has 1 unspecified atom stereocenters. The van der Waals surface area contributed by atoms with Gasteiger partial charge in [-0.2, -0.15) is 0 Å². The van der Waals surface area contributed by atoms with Crippen LogP contribution < -0.4 is 11.4 Å². The number of carbonyl (C=O) groups excluding carboxylic acids is 1. The zero-order chi connectivity index (χ0) is 15.3. The highest BCUT2D eigenvalue weighted by Crippen LogP contribution is 2.20. The molecule has 0 bridgehead atoms. The van der Waals surface area contributed by atoms with Crippen LogP contribution in [0.25, 0.3) is 0 Å². The van der Waals surface area contributed by atoms with Crippen LogP contribution in [-0.4, -0.2) is 39.1 Å². The Morgan fingerprint density at radius 2 is 2.25 bits per heavy atom. The molecule has 7 nitrogen and oxygen atoms in total. The Balaban J connectivity index is 2.50. The van der Waals surface area contributed by atoms with E-state index in [1.165, 1.54) is 18.9 Å². The Morgan fingerprint density at radius 1 is 1.60 bits per heavy atom. The second-order valence-electron chi connectivity index (χ2n) is 5.14. The van der Waals surface area contributed by atoms with Gasteiger partial charge >= 0.3 is 11.7 Å². The van der Waals surface area contributed by atoms with Gasteiger partial charge in [0.1, 0.15) is 5.54 Å². The van der Waals surface area contributed by atoms with Gasteiger partial charge in [-0.15, -0.1) is 5.10 Å². The summed E-state index contributed by atoms with van der Waals surface area (Å²) in [5.74, 6) is 0.308. The van der Waals surface area contributed by atoms with E-state index in [-0.39, 0.29) is 11.7 Å². The van der Waals surface area contributed by atoms with Crippen LogP contribution in [0.5, 0.6) is 0 Å². The van der Waals surface area contributed by atoms with Gasteiger partial charge in [0.2, 0.25) is 0 Å². The summed E-state index contributed by atoms with van der Waals surface area (Å²) < 4.78 is 6.25. The topological polar surface area (TPSA) is 103 Å². The smallest absolute Gasteiger partial charge is 0.344 e. The third-order valence-electron chi connectivity index (χ3n) is 2.91. The second kappa shape index (κ2) is 6.94. The third-order valence-corrected chi connectivity index (χ3v) is 3.95. The first-order chi connectivity index (χ1) is 9.29. The van der Waals surface area contributed by atoms with Crippen molar-refractivity contribution >= 4 is 17.7 Å². The van der Waals surface area contributed by atoms with Crippen LogP contribution >= 0.6 is 11.8 Å². The van der Waals surface area contributed by atoms with E-state index in [4.69, 9.17) is 5.73 Å². The van der Waals surface area contributed by atoms with E-state index in [0.29, 0.717) is 11.6 Å². The molecule has 0 aliphatic rings. The maximum Gasteiger partial charge on any atom is 0.344 e. The largest absolute Gasteiger partial charge is 0.468 e. The Kier molecular flexibility index (Phi) is 5.82. The summed E-state index contributed by atoms with van der Waals surface area (Å²) in [7, 11) is 1.33. The molecule has 0 spiro atoms. The minimum Gasteiger partial charge on any atom is -0.468 e. The summed E-state index contributed by atoms with van der Waals surface area (Å²) in [5.41, 5.74) is 4.69. The lowest BCUT2D eigenvalue weighted by atomic mass is 9.98. The Hall–Kier alpha value is -1.28. The number of rotatable bonds is 7. The number of aromatic nitrogens is 3. The summed E-state index contributed by atoms with van der Waals surface area (Å²) in [6.07, 6.45) is 1.24. The van der Waals surface area contributed by atoms with E-state index >= 15 is 0 Å². The van der Waals surface area contributed by atoms with Crippen LogP contribution in [0, 0.1) is 0 Å². The first kappa shape index (κ1) is 16.8. The van der Waals surface area contributed by atoms with E-state index in [1.54, 1.807) is 11.5 Å². The number of nitrogens with one attached hydrogen (secondary N) is 1. The van der Waals surface area contributed by atoms with Gasteiger partial charge in [-0.1, -0.05) is 11.8 Å². The van der Waals surface area contributed by atoms with Crippen molar-refractivity contribution in [3.8, 4) is 0 Å². The molecule has 0 saturated heterocycles. The number of aromatic amines is 1. The fourth-order valence-corrected chi connectivity index (χ4v) is 2.80. The molecule has 0 saturated carbocycles. The van der Waals surface area contributed by atoms with Gasteiger partial charge < -0.3 is 10.5 Å². The summed E-state index contributed by atoms with van der Waals surface area (Å²) in [6, 6.07) is 0.0543. The van der Waals surface area contributed by atoms with Gasteiger partial charge in [-0.05, 0) is 33.6 Å². The normalized spacial score (nSPS) is 14.3. The molecule has 0 radical (unpaired) electrons. The molecule has 114 valence electrons. The lowest BCUT2D eigenvalue weighted by Gasteiger charge is -2.20. The number of esters is 1. The Labute approximate surface area is 122 Å². The van der Waals surface area contributed by atoms with E-state index in [1.807, 2.05) is 13.8 Å². The average molecular weight is 302 g/mol. The minimum absolute atomic E-state index is 0.0543. The van der Waals surface area contributed by atoms with E-state index in [0.717, 1.165) is 12.2 Å². The highest BCUT2D eigenvalue weighted by atomic mass is 32.2. The quantitative estimate of drug-likeness (QED) is 0.441. The summed E-state index contributed by atoms with van der Waals surface area (Å²) in [6.45, 7) is 5.51. The number of H-pyrrole nitrogens is 1. The first-order valence-corrected chi connectivity index (χ1v) is 7.45. The zero-order valence-corrected chi connectivity index (χ0v) is 13.1. The molecule has 0 fully saturated rings. The zero-order valence-electron chi connectivity index (χ0n) is 12.3. The van der Waals surface area contributed by atoms with Gasteiger partial charge in [0, 0.05) is 11.8 Å². The third kappa shape index (κ3) is 4.11. The predicted octanol–water partition coefficient (Wildman–Crippen LogP) is 0.915. The van der Waals surface area contributed by atoms with E-state index < -0.39 is 11.5 Å². The standard InChI is InChI=1S/C12H22N4O3S/c1-8(2)16-10(18)14-15-11(16)20-7-5-6-12(3,13)9(17)19-4/h8H,5-7,13H2,1-4H3,(H,14,18). The molecule has 0 aromatic carbocycles. The van der Waals surface area contributed by atoms with Gasteiger partial charge in [0.05, 0.1) is 7.11 Å². The minimum atomic E-state index is -0.974. The first-order valence-electron chi connectivity index (χ1n) is 6.46. The number of thioether (sulfide) groups is 1. The van der Waals surface area contributed by atoms with Crippen molar-refractivity contribution in [2.75, 3.05) is 12.9 Å². The number of hydrogen-bond acceptors (Lipinski definition) is 6. The van der Waals surface area contributed by atoms with Crippen molar-refractivity contribution in [1.82, 2.24) is 14.8 Å². The predicted molar refractivity (Wildman–Crippen MR) is 77.8 cm³/mol. The van der Waals surface area contributed by atoms with Gasteiger partial charge in [-0.25, -0.2) is 9.89 Å². The van der Waals surface area contributed by atoms with Crippen molar-refractivity contribution < 1.29 is 9.53 Å². The monoisotopic (exact) mass is 302 g/mol. The lowest BCUT2D eigenvalue weighted by molar-refractivity contribution is -0.146. The van der Waals surface area contributed by atoms with Crippen LogP contribution in [0.2, 0.25) is 0 Å². The van der Waals surface area contributed by atoms with Crippen LogP contribution in [0.4, 0.5) is 0 Å². The number of nitrogens with zero attached hydrogens (tertiary/aromatic N) is 2. The molecule has 0 amide bonds. The van der Waals surface area contributed by atoms with Gasteiger partial charge in [-0.3, -0.25) is 9.36 Å². The maximum absolute atomic E-state index is 11.6.